The first-order valence-electron chi connectivity index (χ1n) is 5.36. The number of aromatic nitrogens is 2. The molecule has 2 rings (SSSR count). The third-order valence-corrected chi connectivity index (χ3v) is 3.18. The molecule has 1 aromatic heterocycles. The van der Waals surface area contributed by atoms with Crippen LogP contribution in [0.3, 0.4) is 0 Å². The van der Waals surface area contributed by atoms with Crippen molar-refractivity contribution in [3.8, 4) is 0 Å². The minimum Gasteiger partial charge on any atom is -0.294 e. The molecule has 0 aliphatic rings. The summed E-state index contributed by atoms with van der Waals surface area (Å²) in [4.78, 5) is 12.0. The van der Waals surface area contributed by atoms with Crippen LogP contribution in [0.15, 0.2) is 30.3 Å². The summed E-state index contributed by atoms with van der Waals surface area (Å²) >= 11 is 6.09. The summed E-state index contributed by atoms with van der Waals surface area (Å²) in [6.45, 7) is 1.86. The Balaban J connectivity index is 2.25. The van der Waals surface area contributed by atoms with Gasteiger partial charge in [0.25, 0.3) is 0 Å². The first-order chi connectivity index (χ1) is 8.09. The minimum absolute atomic E-state index is 0.0589. The van der Waals surface area contributed by atoms with E-state index < -0.39 is 0 Å². The van der Waals surface area contributed by atoms with Crippen molar-refractivity contribution in [1.29, 1.82) is 0 Å². The molecule has 0 fully saturated rings. The van der Waals surface area contributed by atoms with Crippen molar-refractivity contribution in [2.45, 2.75) is 13.3 Å². The van der Waals surface area contributed by atoms with E-state index in [1.54, 1.807) is 11.7 Å². The van der Waals surface area contributed by atoms with E-state index in [1.807, 2.05) is 37.3 Å². The number of halogens is 1. The van der Waals surface area contributed by atoms with E-state index in [0.29, 0.717) is 17.1 Å². The van der Waals surface area contributed by atoms with Crippen LogP contribution in [0.2, 0.25) is 5.15 Å². The molecule has 2 aromatic rings. The summed E-state index contributed by atoms with van der Waals surface area (Å²) in [5.74, 6) is 0.0589. The highest BCUT2D eigenvalue weighted by molar-refractivity contribution is 6.30. The Hall–Kier alpha value is -1.61. The van der Waals surface area contributed by atoms with E-state index in [0.717, 1.165) is 11.3 Å². The second-order valence-corrected chi connectivity index (χ2v) is 4.30. The fraction of sp³-hybridized carbons (Fsp3) is 0.231. The topological polar surface area (TPSA) is 34.9 Å². The van der Waals surface area contributed by atoms with Crippen LogP contribution in [0.25, 0.3) is 0 Å². The van der Waals surface area contributed by atoms with Gasteiger partial charge in [-0.1, -0.05) is 41.9 Å². The standard InChI is InChI=1S/C13H13ClN2O/c1-9-11(13(14)16(2)15-9)8-12(17)10-6-4-3-5-7-10/h3-7H,8H2,1-2H3. The molecule has 17 heavy (non-hydrogen) atoms. The van der Waals surface area contributed by atoms with Gasteiger partial charge in [0.1, 0.15) is 5.15 Å². The van der Waals surface area contributed by atoms with Crippen molar-refractivity contribution in [2.75, 3.05) is 0 Å². The normalized spacial score (nSPS) is 10.5. The van der Waals surface area contributed by atoms with Crippen molar-refractivity contribution in [2.24, 2.45) is 7.05 Å². The third kappa shape index (κ3) is 2.39. The number of ketones is 1. The Kier molecular flexibility index (Phi) is 3.29. The molecule has 0 N–H and O–H groups in total. The lowest BCUT2D eigenvalue weighted by Gasteiger charge is -2.01. The maximum Gasteiger partial charge on any atom is 0.167 e. The lowest BCUT2D eigenvalue weighted by Crippen LogP contribution is -2.04. The van der Waals surface area contributed by atoms with Crippen molar-refractivity contribution in [3.05, 3.63) is 52.3 Å². The van der Waals surface area contributed by atoms with E-state index in [4.69, 9.17) is 11.6 Å². The van der Waals surface area contributed by atoms with E-state index in [-0.39, 0.29) is 5.78 Å². The van der Waals surface area contributed by atoms with Crippen molar-refractivity contribution >= 4 is 17.4 Å². The average molecular weight is 249 g/mol. The van der Waals surface area contributed by atoms with Crippen LogP contribution in [0, 0.1) is 6.92 Å². The summed E-state index contributed by atoms with van der Waals surface area (Å²) in [5, 5.41) is 4.72. The average Bonchev–Trinajstić information content (AvgIpc) is 2.57. The minimum atomic E-state index is 0.0589. The number of aryl methyl sites for hydroxylation is 2. The fourth-order valence-electron chi connectivity index (χ4n) is 1.76. The summed E-state index contributed by atoms with van der Waals surface area (Å²) in [5.41, 5.74) is 2.32. The highest BCUT2D eigenvalue weighted by Gasteiger charge is 2.15. The predicted octanol–water partition coefficient (Wildman–Crippen LogP) is 2.81. The molecule has 3 nitrogen and oxygen atoms in total. The zero-order chi connectivity index (χ0) is 12.4. The number of carbonyl (C=O) groups excluding carboxylic acids is 1. The van der Waals surface area contributed by atoms with Gasteiger partial charge in [-0.15, -0.1) is 0 Å². The molecule has 0 unspecified atom stereocenters. The van der Waals surface area contributed by atoms with Gasteiger partial charge in [-0.3, -0.25) is 9.48 Å². The zero-order valence-electron chi connectivity index (χ0n) is 9.77. The third-order valence-electron chi connectivity index (χ3n) is 2.70. The number of benzene rings is 1. The van der Waals surface area contributed by atoms with Gasteiger partial charge in [0.15, 0.2) is 5.78 Å². The second kappa shape index (κ2) is 4.72. The van der Waals surface area contributed by atoms with Crippen LogP contribution in [-0.2, 0) is 13.5 Å². The van der Waals surface area contributed by atoms with Crippen molar-refractivity contribution in [3.63, 3.8) is 0 Å². The monoisotopic (exact) mass is 248 g/mol. The molecule has 0 aliphatic carbocycles. The number of nitrogens with zero attached hydrogens (tertiary/aromatic N) is 2. The first kappa shape index (κ1) is 11.9. The van der Waals surface area contributed by atoms with Gasteiger partial charge in [-0.25, -0.2) is 0 Å². The van der Waals surface area contributed by atoms with Crippen LogP contribution in [-0.4, -0.2) is 15.6 Å². The van der Waals surface area contributed by atoms with E-state index in [2.05, 4.69) is 5.10 Å². The molecule has 88 valence electrons. The molecule has 0 spiro atoms. The molecule has 0 bridgehead atoms. The SMILES string of the molecule is Cc1nn(C)c(Cl)c1CC(=O)c1ccccc1. The second-order valence-electron chi connectivity index (χ2n) is 3.94. The maximum absolute atomic E-state index is 12.0. The van der Waals surface area contributed by atoms with Crippen LogP contribution in [0.5, 0.6) is 0 Å². The predicted molar refractivity (Wildman–Crippen MR) is 67.4 cm³/mol. The molecule has 0 amide bonds. The molecular formula is C13H13ClN2O. The number of carbonyl (C=O) groups is 1. The van der Waals surface area contributed by atoms with Gasteiger partial charge in [0.05, 0.1) is 5.69 Å². The van der Waals surface area contributed by atoms with E-state index in [9.17, 15) is 4.79 Å². The Morgan fingerprint density at radius 2 is 2.00 bits per heavy atom. The number of rotatable bonds is 3. The molecule has 0 radical (unpaired) electrons. The van der Waals surface area contributed by atoms with Crippen molar-refractivity contribution < 1.29 is 4.79 Å². The Morgan fingerprint density at radius 3 is 2.53 bits per heavy atom. The number of hydrogen-bond donors (Lipinski definition) is 0. The van der Waals surface area contributed by atoms with Crippen LogP contribution >= 0.6 is 11.6 Å². The molecule has 0 atom stereocenters. The quantitative estimate of drug-likeness (QED) is 0.783. The van der Waals surface area contributed by atoms with Gasteiger partial charge in [-0.2, -0.15) is 5.10 Å². The maximum atomic E-state index is 12.0. The molecule has 0 saturated heterocycles. The van der Waals surface area contributed by atoms with Crippen LogP contribution in [0.4, 0.5) is 0 Å². The molecular weight excluding hydrogens is 236 g/mol. The van der Waals surface area contributed by atoms with Gasteiger partial charge >= 0.3 is 0 Å². The molecule has 1 aromatic carbocycles. The highest BCUT2D eigenvalue weighted by atomic mass is 35.5. The lowest BCUT2D eigenvalue weighted by atomic mass is 10.0. The largest absolute Gasteiger partial charge is 0.294 e. The molecule has 1 heterocycles. The fourth-order valence-corrected chi connectivity index (χ4v) is 2.00. The van der Waals surface area contributed by atoms with Gasteiger partial charge in [0, 0.05) is 24.6 Å². The van der Waals surface area contributed by atoms with Crippen LogP contribution in [0.1, 0.15) is 21.6 Å². The first-order valence-corrected chi connectivity index (χ1v) is 5.73. The lowest BCUT2D eigenvalue weighted by molar-refractivity contribution is 0.0993. The van der Waals surface area contributed by atoms with Crippen LogP contribution < -0.4 is 0 Å². The van der Waals surface area contributed by atoms with E-state index >= 15 is 0 Å². The Morgan fingerprint density at radius 1 is 1.35 bits per heavy atom. The summed E-state index contributed by atoms with van der Waals surface area (Å²) in [7, 11) is 1.77. The Labute approximate surface area is 105 Å². The summed E-state index contributed by atoms with van der Waals surface area (Å²) in [6.07, 6.45) is 0.294. The smallest absolute Gasteiger partial charge is 0.167 e. The van der Waals surface area contributed by atoms with Gasteiger partial charge < -0.3 is 0 Å². The molecule has 0 saturated carbocycles. The number of hydrogen-bond acceptors (Lipinski definition) is 2. The van der Waals surface area contributed by atoms with Gasteiger partial charge in [0.2, 0.25) is 0 Å². The Bertz CT molecular complexity index is 546. The highest BCUT2D eigenvalue weighted by Crippen LogP contribution is 2.20. The summed E-state index contributed by atoms with van der Waals surface area (Å²) in [6, 6.07) is 9.21. The van der Waals surface area contributed by atoms with Gasteiger partial charge in [-0.05, 0) is 6.92 Å². The van der Waals surface area contributed by atoms with Crippen molar-refractivity contribution in [1.82, 2.24) is 9.78 Å². The molecule has 4 heteroatoms. The van der Waals surface area contributed by atoms with E-state index in [1.165, 1.54) is 0 Å². The number of Topliss-reactive ketones (excluding diaryl/α,β-unsaturated/α-hetero) is 1. The zero-order valence-corrected chi connectivity index (χ0v) is 10.5. The molecule has 0 aliphatic heterocycles. The summed E-state index contributed by atoms with van der Waals surface area (Å²) < 4.78 is 1.59.